The third-order valence-corrected chi connectivity index (χ3v) is 15.2. The van der Waals surface area contributed by atoms with Crippen LogP contribution in [0, 0.1) is 20.8 Å². The Morgan fingerprint density at radius 2 is 1.15 bits per heavy atom. The molecule has 4 aliphatic rings. The summed E-state index contributed by atoms with van der Waals surface area (Å²) in [6, 6.07) is 65.2. The van der Waals surface area contributed by atoms with Crippen LogP contribution in [-0.4, -0.2) is 15.8 Å². The van der Waals surface area contributed by atoms with E-state index >= 15 is 0 Å². The fourth-order valence-electron chi connectivity index (χ4n) is 13.0. The summed E-state index contributed by atoms with van der Waals surface area (Å²) in [6.45, 7) is 6.94. The van der Waals surface area contributed by atoms with Crippen molar-refractivity contribution in [2.75, 3.05) is 0 Å². The maximum atomic E-state index is 2.75. The zero-order chi connectivity index (χ0) is 40.0. The van der Waals surface area contributed by atoms with Crippen molar-refractivity contribution in [2.45, 2.75) is 26.2 Å². The van der Waals surface area contributed by atoms with E-state index in [1.54, 1.807) is 0 Å². The lowest BCUT2D eigenvalue weighted by atomic mass is 9.33. The van der Waals surface area contributed by atoms with E-state index in [2.05, 4.69) is 200 Å². The zero-order valence-electron chi connectivity index (χ0n) is 34.1. The fraction of sp³-hybridized carbons (Fsp3) is 0.0690. The summed E-state index contributed by atoms with van der Waals surface area (Å²) in [6.07, 6.45) is 0. The van der Waals surface area contributed by atoms with Gasteiger partial charge in [0.25, 0.3) is 6.71 Å². The average Bonchev–Trinajstić information content (AvgIpc) is 3.94. The van der Waals surface area contributed by atoms with Gasteiger partial charge in [0.1, 0.15) is 0 Å². The first-order valence-electron chi connectivity index (χ1n) is 21.7. The standard InChI is InChI=1S/C58H37BN2/c1-32-22-25-40-39-20-12-13-21-42(39)58(45(40)30-32)43-26-23-33(2)48-49-34(3)24-28-46-57(49)61(55(43)48)56-44(58)27-29-47-52(56)59(46)51-38-19-11-10-18-37(38)31-41-50(35-14-6-4-7-15-35)53(60(47)54(41)51)36-16-8-5-9-17-36/h4-31H,1-3H3. The van der Waals surface area contributed by atoms with E-state index in [0.717, 1.165) is 0 Å². The Balaban J connectivity index is 1.24. The summed E-state index contributed by atoms with van der Waals surface area (Å²) in [5.74, 6) is 0. The monoisotopic (exact) mass is 772 g/mol. The predicted molar refractivity (Wildman–Crippen MR) is 256 cm³/mol. The Bertz CT molecular complexity index is 3850. The Kier molecular flexibility index (Phi) is 5.79. The first-order chi connectivity index (χ1) is 30.1. The van der Waals surface area contributed by atoms with Crippen molar-refractivity contribution in [1.82, 2.24) is 9.13 Å². The number of fused-ring (bicyclic) bond motifs is 13. The van der Waals surface area contributed by atoms with Crippen molar-refractivity contribution in [2.24, 2.45) is 0 Å². The quantitative estimate of drug-likeness (QED) is 0.155. The average molecular weight is 773 g/mol. The molecule has 61 heavy (non-hydrogen) atoms. The molecule has 0 fully saturated rings. The molecule has 0 N–H and O–H groups in total. The molecule has 0 saturated heterocycles. The third kappa shape index (κ3) is 3.56. The molecule has 282 valence electrons. The first kappa shape index (κ1) is 32.5. The van der Waals surface area contributed by atoms with Crippen LogP contribution in [0.15, 0.2) is 170 Å². The Morgan fingerprint density at radius 1 is 0.459 bits per heavy atom. The van der Waals surface area contributed by atoms with Crippen LogP contribution in [0.2, 0.25) is 0 Å². The van der Waals surface area contributed by atoms with E-state index in [1.165, 1.54) is 144 Å². The molecule has 2 nitrogen and oxygen atoms in total. The van der Waals surface area contributed by atoms with Crippen LogP contribution in [0.4, 0.5) is 0 Å². The van der Waals surface area contributed by atoms with Crippen molar-refractivity contribution in [1.29, 1.82) is 0 Å². The van der Waals surface area contributed by atoms with Crippen LogP contribution in [0.3, 0.4) is 0 Å². The summed E-state index contributed by atoms with van der Waals surface area (Å²) >= 11 is 0. The molecule has 1 unspecified atom stereocenters. The molecule has 11 aromatic rings. The van der Waals surface area contributed by atoms with Gasteiger partial charge in [-0.2, -0.15) is 0 Å². The van der Waals surface area contributed by atoms with Gasteiger partial charge in [0.15, 0.2) is 0 Å². The van der Waals surface area contributed by atoms with Crippen LogP contribution < -0.4 is 16.4 Å². The Labute approximate surface area is 354 Å². The number of hydrogen-bond acceptors (Lipinski definition) is 0. The molecule has 0 saturated carbocycles. The number of aryl methyl sites for hydroxylation is 3. The van der Waals surface area contributed by atoms with Gasteiger partial charge in [-0.25, -0.2) is 0 Å². The summed E-state index contributed by atoms with van der Waals surface area (Å²) in [5, 5.41) is 6.71. The largest absolute Gasteiger partial charge is 0.310 e. The van der Waals surface area contributed by atoms with Crippen molar-refractivity contribution in [3.05, 3.63) is 209 Å². The van der Waals surface area contributed by atoms with Gasteiger partial charge in [-0.1, -0.05) is 163 Å². The molecule has 9 aromatic carbocycles. The number of rotatable bonds is 2. The molecule has 2 aromatic heterocycles. The van der Waals surface area contributed by atoms with Crippen molar-refractivity contribution < 1.29 is 0 Å². The van der Waals surface area contributed by atoms with Gasteiger partial charge in [0.2, 0.25) is 0 Å². The lowest BCUT2D eigenvalue weighted by molar-refractivity contribution is 0.748. The lowest BCUT2D eigenvalue weighted by Gasteiger charge is -2.44. The number of nitrogens with zero attached hydrogens (tertiary/aromatic N) is 2. The number of hydrogen-bond donors (Lipinski definition) is 0. The highest BCUT2D eigenvalue weighted by atomic mass is 15.1. The molecule has 1 aliphatic carbocycles. The molecular formula is C58H37BN2. The molecule has 0 radical (unpaired) electrons. The highest BCUT2D eigenvalue weighted by Gasteiger charge is 2.54. The molecule has 1 spiro atoms. The van der Waals surface area contributed by atoms with Gasteiger partial charge in [0, 0.05) is 38.6 Å². The van der Waals surface area contributed by atoms with Crippen molar-refractivity contribution in [3.8, 4) is 44.9 Å². The van der Waals surface area contributed by atoms with E-state index in [1.807, 2.05) is 0 Å². The van der Waals surface area contributed by atoms with Crippen molar-refractivity contribution in [3.63, 3.8) is 0 Å². The van der Waals surface area contributed by atoms with E-state index in [-0.39, 0.29) is 6.71 Å². The molecule has 15 rings (SSSR count). The minimum Gasteiger partial charge on any atom is -0.310 e. The highest BCUT2D eigenvalue weighted by molar-refractivity contribution is 7.01. The summed E-state index contributed by atoms with van der Waals surface area (Å²) < 4.78 is 5.43. The maximum absolute atomic E-state index is 2.75. The lowest BCUT2D eigenvalue weighted by Crippen LogP contribution is -2.60. The Morgan fingerprint density at radius 3 is 1.98 bits per heavy atom. The van der Waals surface area contributed by atoms with Gasteiger partial charge in [-0.05, 0) is 116 Å². The normalized spacial score (nSPS) is 15.8. The van der Waals surface area contributed by atoms with E-state index in [4.69, 9.17) is 0 Å². The van der Waals surface area contributed by atoms with E-state index in [9.17, 15) is 0 Å². The highest BCUT2D eigenvalue weighted by Crippen LogP contribution is 2.62. The molecular weight excluding hydrogens is 735 g/mol. The predicted octanol–water partition coefficient (Wildman–Crippen LogP) is 12.0. The number of aromatic nitrogens is 2. The van der Waals surface area contributed by atoms with Gasteiger partial charge < -0.3 is 9.13 Å². The van der Waals surface area contributed by atoms with Crippen LogP contribution in [-0.2, 0) is 5.41 Å². The van der Waals surface area contributed by atoms with Crippen LogP contribution >= 0.6 is 0 Å². The summed E-state index contributed by atoms with van der Waals surface area (Å²) in [7, 11) is 0. The molecule has 0 bridgehead atoms. The molecule has 3 aliphatic heterocycles. The molecule has 0 amide bonds. The molecule has 5 heterocycles. The van der Waals surface area contributed by atoms with Crippen molar-refractivity contribution >= 4 is 66.6 Å². The topological polar surface area (TPSA) is 9.86 Å². The zero-order valence-corrected chi connectivity index (χ0v) is 34.1. The van der Waals surface area contributed by atoms with Gasteiger partial charge in [-0.3, -0.25) is 0 Å². The minimum absolute atomic E-state index is 0.0145. The van der Waals surface area contributed by atoms with Crippen LogP contribution in [0.1, 0.15) is 38.9 Å². The second kappa shape index (κ2) is 10.9. The van der Waals surface area contributed by atoms with Gasteiger partial charge in [0.05, 0.1) is 22.1 Å². The first-order valence-corrected chi connectivity index (χ1v) is 21.7. The van der Waals surface area contributed by atoms with Crippen LogP contribution in [0.5, 0.6) is 0 Å². The molecule has 1 atom stereocenters. The fourth-order valence-corrected chi connectivity index (χ4v) is 13.0. The van der Waals surface area contributed by atoms with E-state index < -0.39 is 5.41 Å². The van der Waals surface area contributed by atoms with Gasteiger partial charge >= 0.3 is 0 Å². The van der Waals surface area contributed by atoms with Crippen LogP contribution in [0.25, 0.3) is 88.4 Å². The SMILES string of the molecule is Cc1ccc2c(c1)C1(c3ccccc3-2)c2ccc3c4c2-n2c5c(ccc(C)c5c5c(C)ccc1c52)B4c1c2ccccc2cc2c(-c4ccccc4)c(-c4ccccc4)n-3c12. The second-order valence-corrected chi connectivity index (χ2v) is 18.1. The minimum atomic E-state index is -0.503. The van der Waals surface area contributed by atoms with E-state index in [0.29, 0.717) is 0 Å². The number of benzene rings is 9. The van der Waals surface area contributed by atoms with Gasteiger partial charge in [-0.15, -0.1) is 0 Å². The Hall–Kier alpha value is -7.36. The smallest absolute Gasteiger partial charge is 0.253 e. The maximum Gasteiger partial charge on any atom is 0.253 e. The molecule has 3 heteroatoms. The summed E-state index contributed by atoms with van der Waals surface area (Å²) in [4.78, 5) is 0. The third-order valence-electron chi connectivity index (χ3n) is 15.2. The summed E-state index contributed by atoms with van der Waals surface area (Å²) in [5.41, 5.74) is 27.6. The second-order valence-electron chi connectivity index (χ2n) is 18.1.